The van der Waals surface area contributed by atoms with Gasteiger partial charge in [0.1, 0.15) is 11.3 Å². The van der Waals surface area contributed by atoms with E-state index in [-0.39, 0.29) is 18.0 Å². The van der Waals surface area contributed by atoms with Crippen LogP contribution < -0.4 is 5.32 Å². The molecule has 1 aromatic carbocycles. The molecule has 0 radical (unpaired) electrons. The molecular weight excluding hydrogens is 352 g/mol. The van der Waals surface area contributed by atoms with E-state index in [9.17, 15) is 4.79 Å². The van der Waals surface area contributed by atoms with Gasteiger partial charge in [0, 0.05) is 50.5 Å². The molecule has 1 aliphatic rings. The van der Waals surface area contributed by atoms with Crippen LogP contribution in [0.15, 0.2) is 59.3 Å². The topological polar surface area (TPSA) is 61.6 Å². The molecule has 3 heterocycles. The van der Waals surface area contributed by atoms with Gasteiger partial charge in [-0.2, -0.15) is 0 Å². The largest absolute Gasteiger partial charge is 0.459 e. The fourth-order valence-corrected chi connectivity index (χ4v) is 3.74. The Morgan fingerprint density at radius 3 is 3.00 bits per heavy atom. The van der Waals surface area contributed by atoms with Crippen LogP contribution in [0.25, 0.3) is 11.0 Å². The monoisotopic (exact) mass is 378 g/mol. The van der Waals surface area contributed by atoms with Crippen LogP contribution in [-0.2, 0) is 4.79 Å². The minimum Gasteiger partial charge on any atom is -0.459 e. The van der Waals surface area contributed by atoms with Gasteiger partial charge in [0.15, 0.2) is 0 Å². The summed E-state index contributed by atoms with van der Waals surface area (Å²) in [5.74, 6) is 0.893. The zero-order valence-corrected chi connectivity index (χ0v) is 16.3. The highest BCUT2D eigenvalue weighted by atomic mass is 16.3. The lowest BCUT2D eigenvalue weighted by Gasteiger charge is -2.37. The Morgan fingerprint density at radius 1 is 1.36 bits per heavy atom. The lowest BCUT2D eigenvalue weighted by molar-refractivity contribution is -0.134. The second kappa shape index (κ2) is 8.12. The van der Waals surface area contributed by atoms with Gasteiger partial charge in [0.25, 0.3) is 0 Å². The van der Waals surface area contributed by atoms with E-state index in [1.807, 2.05) is 56.6 Å². The quantitative estimate of drug-likeness (QED) is 0.740. The lowest BCUT2D eigenvalue weighted by atomic mass is 10.1. The number of aromatic nitrogens is 1. The van der Waals surface area contributed by atoms with Crippen LogP contribution in [0.2, 0.25) is 0 Å². The number of carbonyl (C=O) groups is 1. The van der Waals surface area contributed by atoms with Gasteiger partial charge >= 0.3 is 0 Å². The molecule has 28 heavy (non-hydrogen) atoms. The van der Waals surface area contributed by atoms with Crippen LogP contribution in [0.1, 0.15) is 30.3 Å². The predicted octanol–water partition coefficient (Wildman–Crippen LogP) is 2.99. The molecule has 1 aliphatic heterocycles. The molecule has 0 spiro atoms. The maximum atomic E-state index is 13.0. The molecule has 0 aliphatic carbocycles. The molecule has 0 bridgehead atoms. The van der Waals surface area contributed by atoms with Crippen LogP contribution in [0, 0.1) is 0 Å². The number of carbonyl (C=O) groups excluding carboxylic acids is 1. The van der Waals surface area contributed by atoms with E-state index < -0.39 is 0 Å². The number of hydrogen-bond donors (Lipinski definition) is 1. The Morgan fingerprint density at radius 2 is 2.21 bits per heavy atom. The van der Waals surface area contributed by atoms with Gasteiger partial charge in [-0.05, 0) is 30.7 Å². The number of rotatable bonds is 5. The highest BCUT2D eigenvalue weighted by Gasteiger charge is 2.28. The van der Waals surface area contributed by atoms with Crippen molar-refractivity contribution in [2.75, 3.05) is 33.2 Å². The van der Waals surface area contributed by atoms with Crippen LogP contribution in [0.3, 0.4) is 0 Å². The van der Waals surface area contributed by atoms with Crippen LogP contribution in [-0.4, -0.2) is 53.9 Å². The third-order valence-corrected chi connectivity index (χ3v) is 5.59. The van der Waals surface area contributed by atoms with E-state index in [1.165, 1.54) is 0 Å². The summed E-state index contributed by atoms with van der Waals surface area (Å²) in [7, 11) is 1.85. The Hall–Kier alpha value is -2.70. The summed E-state index contributed by atoms with van der Waals surface area (Å²) >= 11 is 0. The van der Waals surface area contributed by atoms with Crippen LogP contribution in [0.5, 0.6) is 0 Å². The summed E-state index contributed by atoms with van der Waals surface area (Å²) in [6.07, 6.45) is 3.66. The summed E-state index contributed by atoms with van der Waals surface area (Å²) in [6.45, 7) is 4.92. The maximum absolute atomic E-state index is 13.0. The second-order valence-corrected chi connectivity index (χ2v) is 7.34. The predicted molar refractivity (Wildman–Crippen MR) is 109 cm³/mol. The molecule has 1 amide bonds. The van der Waals surface area contributed by atoms with Crippen molar-refractivity contribution in [3.63, 3.8) is 0 Å². The molecule has 146 valence electrons. The van der Waals surface area contributed by atoms with Crippen molar-refractivity contribution in [3.05, 3.63) is 66.2 Å². The Bertz CT molecular complexity index is 907. The van der Waals surface area contributed by atoms with Crippen LogP contribution >= 0.6 is 0 Å². The molecule has 1 N–H and O–H groups in total. The molecule has 1 saturated heterocycles. The second-order valence-electron chi connectivity index (χ2n) is 7.34. The third-order valence-electron chi connectivity index (χ3n) is 5.59. The zero-order valence-electron chi connectivity index (χ0n) is 16.3. The number of nitrogens with zero attached hydrogens (tertiary/aromatic N) is 3. The molecule has 3 aromatic rings. The zero-order chi connectivity index (χ0) is 19.5. The molecule has 6 nitrogen and oxygen atoms in total. The lowest BCUT2D eigenvalue weighted by Crippen LogP contribution is -2.50. The van der Waals surface area contributed by atoms with E-state index >= 15 is 0 Å². The van der Waals surface area contributed by atoms with Crippen molar-refractivity contribution in [3.8, 4) is 0 Å². The molecule has 1 fully saturated rings. The average Bonchev–Trinajstić information content (AvgIpc) is 3.18. The fourth-order valence-electron chi connectivity index (χ4n) is 3.74. The number of pyridine rings is 1. The first-order valence-corrected chi connectivity index (χ1v) is 9.72. The number of fused-ring (bicyclic) bond motifs is 1. The van der Waals surface area contributed by atoms with Gasteiger partial charge in [-0.3, -0.25) is 14.7 Å². The molecule has 2 unspecified atom stereocenters. The highest BCUT2D eigenvalue weighted by Crippen LogP contribution is 2.27. The Labute approximate surface area is 165 Å². The number of para-hydroxylation sites is 1. The molecule has 4 rings (SSSR count). The van der Waals surface area contributed by atoms with Crippen molar-refractivity contribution in [1.29, 1.82) is 0 Å². The highest BCUT2D eigenvalue weighted by molar-refractivity contribution is 5.80. The summed E-state index contributed by atoms with van der Waals surface area (Å²) in [4.78, 5) is 21.3. The smallest absolute Gasteiger partial charge is 0.237 e. The summed E-state index contributed by atoms with van der Waals surface area (Å²) in [5.41, 5.74) is 1.99. The number of nitrogens with one attached hydrogen (secondary N) is 1. The van der Waals surface area contributed by atoms with E-state index in [1.54, 1.807) is 11.1 Å². The van der Waals surface area contributed by atoms with E-state index in [0.717, 1.165) is 41.9 Å². The number of amides is 1. The van der Waals surface area contributed by atoms with Crippen molar-refractivity contribution >= 4 is 16.9 Å². The summed E-state index contributed by atoms with van der Waals surface area (Å²) < 4.78 is 5.96. The van der Waals surface area contributed by atoms with Gasteiger partial charge in [-0.15, -0.1) is 0 Å². The van der Waals surface area contributed by atoms with Gasteiger partial charge in [-0.25, -0.2) is 0 Å². The minimum absolute atomic E-state index is 0.0868. The third kappa shape index (κ3) is 3.79. The van der Waals surface area contributed by atoms with Crippen molar-refractivity contribution in [1.82, 2.24) is 20.1 Å². The number of benzene rings is 1. The molecule has 2 aromatic heterocycles. The number of hydrogen-bond acceptors (Lipinski definition) is 5. The molecule has 2 atom stereocenters. The van der Waals surface area contributed by atoms with Gasteiger partial charge in [0.05, 0.1) is 12.6 Å². The van der Waals surface area contributed by atoms with Crippen molar-refractivity contribution in [2.24, 2.45) is 0 Å². The first kappa shape index (κ1) is 18.7. The van der Waals surface area contributed by atoms with E-state index in [0.29, 0.717) is 6.54 Å². The van der Waals surface area contributed by atoms with Crippen LogP contribution in [0.4, 0.5) is 0 Å². The fraction of sp³-hybridized carbons (Fsp3) is 0.364. The Kier molecular flexibility index (Phi) is 5.41. The first-order chi connectivity index (χ1) is 13.6. The summed E-state index contributed by atoms with van der Waals surface area (Å²) in [6, 6.07) is 14.0. The summed E-state index contributed by atoms with van der Waals surface area (Å²) in [5, 5.41) is 4.48. The van der Waals surface area contributed by atoms with Crippen molar-refractivity contribution < 1.29 is 9.21 Å². The maximum Gasteiger partial charge on any atom is 0.237 e. The standard InChI is InChI=1S/C22H26N4O2/c1-16(21-12-17-6-3-4-8-20(17)28-21)25(2)22(27)15-26-11-10-24-14-19(26)18-7-5-9-23-13-18/h3-9,12-13,16,19,24H,10-11,14-15H2,1-2H3. The molecule has 0 saturated carbocycles. The van der Waals surface area contributed by atoms with Gasteiger partial charge in [0.2, 0.25) is 5.91 Å². The average molecular weight is 378 g/mol. The Balaban J connectivity index is 1.46. The number of piperazine rings is 1. The normalized spacial score (nSPS) is 18.9. The molecular formula is C22H26N4O2. The van der Waals surface area contributed by atoms with Gasteiger partial charge in [-0.1, -0.05) is 24.3 Å². The minimum atomic E-state index is -0.125. The van der Waals surface area contributed by atoms with E-state index in [2.05, 4.69) is 21.3 Å². The number of furan rings is 1. The molecule has 6 heteroatoms. The SMILES string of the molecule is CC(c1cc2ccccc2o1)N(C)C(=O)CN1CCNCC1c1cccnc1. The first-order valence-electron chi connectivity index (χ1n) is 9.72. The van der Waals surface area contributed by atoms with Gasteiger partial charge < -0.3 is 14.6 Å². The number of likely N-dealkylation sites (N-methyl/N-ethyl adjacent to an activating group) is 1. The van der Waals surface area contributed by atoms with E-state index in [4.69, 9.17) is 4.42 Å². The van der Waals surface area contributed by atoms with Crippen molar-refractivity contribution in [2.45, 2.75) is 19.0 Å².